The molecule has 5 nitrogen and oxygen atoms in total. The lowest BCUT2D eigenvalue weighted by Gasteiger charge is -1.94. The second kappa shape index (κ2) is 5.43. The Morgan fingerprint density at radius 1 is 1.67 bits per heavy atom. The molecular weight excluding hydrogens is 192 g/mol. The number of Topliss-reactive ketones (excluding diaryl/α,β-unsaturated/α-hetero) is 1. The molecule has 5 heteroatoms. The van der Waals surface area contributed by atoms with Gasteiger partial charge in [0.1, 0.15) is 11.4 Å². The fraction of sp³-hybridized carbons (Fsp3) is 0.200. The van der Waals surface area contributed by atoms with Crippen LogP contribution >= 0.6 is 0 Å². The summed E-state index contributed by atoms with van der Waals surface area (Å²) < 4.78 is 0. The summed E-state index contributed by atoms with van der Waals surface area (Å²) in [7, 11) is 0. The van der Waals surface area contributed by atoms with Gasteiger partial charge < -0.3 is 0 Å². The first-order chi connectivity index (χ1) is 7.24. The average molecular weight is 200 g/mol. The van der Waals surface area contributed by atoms with Crippen LogP contribution in [0.4, 0.5) is 0 Å². The van der Waals surface area contributed by atoms with Gasteiger partial charge in [-0.1, -0.05) is 17.1 Å². The molecule has 0 saturated carbocycles. The van der Waals surface area contributed by atoms with Gasteiger partial charge >= 0.3 is 0 Å². The maximum atomic E-state index is 11.0. The lowest BCUT2D eigenvalue weighted by atomic mass is 10.2. The number of nitrogens with zero attached hydrogens (tertiary/aromatic N) is 4. The van der Waals surface area contributed by atoms with Gasteiger partial charge in [0.25, 0.3) is 0 Å². The minimum absolute atomic E-state index is 0.0997. The van der Waals surface area contributed by atoms with E-state index in [2.05, 4.69) is 26.9 Å². The number of carbonyl (C=O) groups excluding carboxylic acids is 1. The van der Waals surface area contributed by atoms with Gasteiger partial charge in [-0.2, -0.15) is 0 Å². The topological polar surface area (TPSA) is 78.7 Å². The van der Waals surface area contributed by atoms with Gasteiger partial charge in [0.05, 0.1) is 6.54 Å². The van der Waals surface area contributed by atoms with Crippen LogP contribution in [0.5, 0.6) is 0 Å². The summed E-state index contributed by atoms with van der Waals surface area (Å²) in [5, 5.41) is 3.26. The number of pyridine rings is 1. The molecule has 0 atom stereocenters. The van der Waals surface area contributed by atoms with Crippen LogP contribution < -0.4 is 0 Å². The van der Waals surface area contributed by atoms with E-state index in [0.29, 0.717) is 11.4 Å². The zero-order chi connectivity index (χ0) is 11.1. The number of azide groups is 1. The van der Waals surface area contributed by atoms with Crippen LogP contribution in [0.25, 0.3) is 10.4 Å². The Labute approximate surface area is 86.8 Å². The minimum Gasteiger partial charge on any atom is -0.293 e. The van der Waals surface area contributed by atoms with E-state index in [1.165, 1.54) is 6.92 Å². The first kappa shape index (κ1) is 10.8. The molecule has 1 rings (SSSR count). The first-order valence-electron chi connectivity index (χ1n) is 4.22. The molecule has 1 heterocycles. The predicted molar refractivity (Wildman–Crippen MR) is 55.1 cm³/mol. The summed E-state index contributed by atoms with van der Waals surface area (Å²) >= 11 is 0. The van der Waals surface area contributed by atoms with E-state index in [4.69, 9.17) is 5.53 Å². The highest BCUT2D eigenvalue weighted by molar-refractivity contribution is 5.92. The van der Waals surface area contributed by atoms with Crippen molar-refractivity contribution in [3.05, 3.63) is 40.0 Å². The van der Waals surface area contributed by atoms with Gasteiger partial charge in [-0.3, -0.25) is 4.79 Å². The maximum absolute atomic E-state index is 11.0. The molecule has 0 fully saturated rings. The number of rotatable bonds is 2. The lowest BCUT2D eigenvalue weighted by molar-refractivity contribution is 0.101. The van der Waals surface area contributed by atoms with Crippen LogP contribution in [0.2, 0.25) is 0 Å². The van der Waals surface area contributed by atoms with E-state index < -0.39 is 0 Å². The second-order valence-corrected chi connectivity index (χ2v) is 2.66. The van der Waals surface area contributed by atoms with Gasteiger partial charge in [0, 0.05) is 11.8 Å². The first-order valence-corrected chi connectivity index (χ1v) is 4.22. The van der Waals surface area contributed by atoms with Crippen LogP contribution in [0.1, 0.15) is 23.1 Å². The largest absolute Gasteiger partial charge is 0.293 e. The monoisotopic (exact) mass is 200 g/mol. The van der Waals surface area contributed by atoms with Crippen LogP contribution in [0.15, 0.2) is 23.3 Å². The Balaban J connectivity index is 2.84. The number of carbonyl (C=O) groups is 1. The molecule has 0 aliphatic heterocycles. The number of hydrogen-bond donors (Lipinski definition) is 0. The molecule has 1 aromatic heterocycles. The highest BCUT2D eigenvalue weighted by Gasteiger charge is 1.99. The Kier molecular flexibility index (Phi) is 3.90. The molecule has 0 unspecified atom stereocenters. The Bertz CT molecular complexity index is 478. The summed E-state index contributed by atoms with van der Waals surface area (Å²) in [6.45, 7) is 1.54. The molecule has 74 valence electrons. The van der Waals surface area contributed by atoms with Crippen molar-refractivity contribution in [3.8, 4) is 11.8 Å². The molecule has 0 aliphatic carbocycles. The summed E-state index contributed by atoms with van der Waals surface area (Å²) in [5.74, 6) is 5.22. The highest BCUT2D eigenvalue weighted by Crippen LogP contribution is 1.98. The van der Waals surface area contributed by atoms with Crippen molar-refractivity contribution in [2.45, 2.75) is 6.92 Å². The van der Waals surface area contributed by atoms with Crippen LogP contribution in [-0.2, 0) is 0 Å². The fourth-order valence-corrected chi connectivity index (χ4v) is 0.897. The highest BCUT2D eigenvalue weighted by atomic mass is 16.1. The quantitative estimate of drug-likeness (QED) is 0.240. The van der Waals surface area contributed by atoms with Crippen molar-refractivity contribution in [1.82, 2.24) is 4.98 Å². The molecule has 1 aromatic rings. The molecule has 0 saturated heterocycles. The molecule has 0 N–H and O–H groups in total. The molecule has 0 spiro atoms. The Morgan fingerprint density at radius 3 is 3.13 bits per heavy atom. The number of ketones is 1. The second-order valence-electron chi connectivity index (χ2n) is 2.66. The molecule has 0 radical (unpaired) electrons. The van der Waals surface area contributed by atoms with E-state index in [-0.39, 0.29) is 12.3 Å². The van der Waals surface area contributed by atoms with Gasteiger partial charge in [0.15, 0.2) is 5.78 Å². The van der Waals surface area contributed by atoms with E-state index in [1.54, 1.807) is 18.2 Å². The fourth-order valence-electron chi connectivity index (χ4n) is 0.897. The normalized spacial score (nSPS) is 8.33. The van der Waals surface area contributed by atoms with Crippen molar-refractivity contribution in [2.24, 2.45) is 5.11 Å². The molecule has 0 aromatic carbocycles. The lowest BCUT2D eigenvalue weighted by Crippen LogP contribution is -1.97. The Hall–Kier alpha value is -2.31. The Morgan fingerprint density at radius 2 is 2.47 bits per heavy atom. The van der Waals surface area contributed by atoms with E-state index in [0.717, 1.165) is 0 Å². The third-order valence-electron chi connectivity index (χ3n) is 1.54. The zero-order valence-electron chi connectivity index (χ0n) is 8.14. The van der Waals surface area contributed by atoms with E-state index in [1.807, 2.05) is 0 Å². The van der Waals surface area contributed by atoms with Crippen molar-refractivity contribution in [3.63, 3.8) is 0 Å². The molecular formula is C10H8N4O. The average Bonchev–Trinajstić information content (AvgIpc) is 2.25. The summed E-state index contributed by atoms with van der Waals surface area (Å²) in [5.41, 5.74) is 8.89. The standard InChI is InChI=1S/C10H8N4O/c1-8(15)10-6-2-4-9(13-10)5-3-7-12-14-11/h2,4,6H,7H2,1H3. The molecule has 0 amide bonds. The zero-order valence-corrected chi connectivity index (χ0v) is 8.14. The van der Waals surface area contributed by atoms with Gasteiger partial charge in [0.2, 0.25) is 0 Å². The molecule has 0 aliphatic rings. The maximum Gasteiger partial charge on any atom is 0.178 e. The number of hydrogen-bond acceptors (Lipinski definition) is 3. The molecule has 0 bridgehead atoms. The van der Waals surface area contributed by atoms with Crippen molar-refractivity contribution >= 4 is 5.78 Å². The van der Waals surface area contributed by atoms with E-state index in [9.17, 15) is 4.79 Å². The third kappa shape index (κ3) is 3.51. The van der Waals surface area contributed by atoms with Crippen molar-refractivity contribution in [1.29, 1.82) is 0 Å². The van der Waals surface area contributed by atoms with Crippen LogP contribution in [-0.4, -0.2) is 17.3 Å². The van der Waals surface area contributed by atoms with Crippen LogP contribution in [0.3, 0.4) is 0 Å². The summed E-state index contributed by atoms with van der Waals surface area (Å²) in [6, 6.07) is 5.03. The minimum atomic E-state index is -0.103. The van der Waals surface area contributed by atoms with Gasteiger partial charge in [-0.05, 0) is 23.6 Å². The van der Waals surface area contributed by atoms with E-state index >= 15 is 0 Å². The summed E-state index contributed by atoms with van der Waals surface area (Å²) in [6.07, 6.45) is 0. The predicted octanol–water partition coefficient (Wildman–Crippen LogP) is 1.95. The van der Waals surface area contributed by atoms with Gasteiger partial charge in [-0.25, -0.2) is 4.98 Å². The third-order valence-corrected chi connectivity index (χ3v) is 1.54. The van der Waals surface area contributed by atoms with Crippen molar-refractivity contribution < 1.29 is 4.79 Å². The van der Waals surface area contributed by atoms with Gasteiger partial charge in [-0.15, -0.1) is 0 Å². The smallest absolute Gasteiger partial charge is 0.178 e. The summed E-state index contributed by atoms with van der Waals surface area (Å²) in [4.78, 5) is 17.6. The molecule has 15 heavy (non-hydrogen) atoms. The van der Waals surface area contributed by atoms with Crippen LogP contribution in [0, 0.1) is 11.8 Å². The SMILES string of the molecule is CC(=O)c1cccc(C#CCN=[N+]=[N-])n1. The number of aromatic nitrogens is 1. The van der Waals surface area contributed by atoms with Crippen molar-refractivity contribution in [2.75, 3.05) is 6.54 Å².